The van der Waals surface area contributed by atoms with E-state index in [4.69, 9.17) is 16.3 Å². The smallest absolute Gasteiger partial charge is 0.319 e. The van der Waals surface area contributed by atoms with Gasteiger partial charge in [0.05, 0.1) is 5.02 Å². The molecule has 3 amide bonds. The zero-order valence-electron chi connectivity index (χ0n) is 14.2. The first-order valence-corrected chi connectivity index (χ1v) is 9.22. The Kier molecular flexibility index (Phi) is 6.02. The van der Waals surface area contributed by atoms with Crippen molar-refractivity contribution in [2.45, 2.75) is 31.7 Å². The molecule has 1 N–H and O–H groups in total. The van der Waals surface area contributed by atoms with Gasteiger partial charge in [-0.1, -0.05) is 23.7 Å². The minimum Gasteiger partial charge on any atom is -0.482 e. The van der Waals surface area contributed by atoms with Gasteiger partial charge in [0.1, 0.15) is 5.75 Å². The van der Waals surface area contributed by atoms with Crippen LogP contribution in [0, 0.1) is 0 Å². The summed E-state index contributed by atoms with van der Waals surface area (Å²) < 4.78 is 5.45. The molecular formula is C18H24ClN3O3. The Morgan fingerprint density at radius 2 is 1.72 bits per heavy atom. The molecule has 0 radical (unpaired) electrons. The lowest BCUT2D eigenvalue weighted by atomic mass is 10.1. The van der Waals surface area contributed by atoms with Gasteiger partial charge in [-0.05, 0) is 37.8 Å². The van der Waals surface area contributed by atoms with Gasteiger partial charge in [0, 0.05) is 32.2 Å². The van der Waals surface area contributed by atoms with Crippen LogP contribution in [0.2, 0.25) is 5.02 Å². The van der Waals surface area contributed by atoms with Crippen LogP contribution in [-0.4, -0.2) is 60.6 Å². The van der Waals surface area contributed by atoms with Crippen molar-refractivity contribution in [2.75, 3.05) is 32.8 Å². The summed E-state index contributed by atoms with van der Waals surface area (Å²) in [7, 11) is 0. The molecule has 136 valence electrons. The first-order valence-electron chi connectivity index (χ1n) is 8.84. The second kappa shape index (κ2) is 8.43. The number of nitrogens with zero attached hydrogens (tertiary/aromatic N) is 2. The van der Waals surface area contributed by atoms with Gasteiger partial charge >= 0.3 is 6.03 Å². The SMILES string of the molecule is O=C(COc1ccccc1Cl)NC1CCN(C(=O)N2CCCC2)CC1. The minimum atomic E-state index is -0.163. The number of hydrogen-bond donors (Lipinski definition) is 1. The zero-order valence-corrected chi connectivity index (χ0v) is 15.0. The molecule has 1 aromatic rings. The number of nitrogens with one attached hydrogen (secondary N) is 1. The fourth-order valence-corrected chi connectivity index (χ4v) is 3.49. The number of urea groups is 1. The molecule has 0 atom stereocenters. The molecule has 0 unspecified atom stereocenters. The molecule has 6 nitrogen and oxygen atoms in total. The number of rotatable bonds is 4. The number of ether oxygens (including phenoxy) is 1. The Morgan fingerprint density at radius 1 is 1.08 bits per heavy atom. The molecule has 2 aliphatic rings. The Balaban J connectivity index is 1.39. The van der Waals surface area contributed by atoms with Gasteiger partial charge in [0.15, 0.2) is 6.61 Å². The van der Waals surface area contributed by atoms with Crippen molar-refractivity contribution in [2.24, 2.45) is 0 Å². The molecular weight excluding hydrogens is 342 g/mol. The van der Waals surface area contributed by atoms with Crippen LogP contribution in [0.3, 0.4) is 0 Å². The van der Waals surface area contributed by atoms with E-state index in [9.17, 15) is 9.59 Å². The number of piperidine rings is 1. The van der Waals surface area contributed by atoms with Crippen LogP contribution in [0.25, 0.3) is 0 Å². The lowest BCUT2D eigenvalue weighted by Gasteiger charge is -2.34. The summed E-state index contributed by atoms with van der Waals surface area (Å²) in [4.78, 5) is 28.2. The van der Waals surface area contributed by atoms with Crippen LogP contribution in [-0.2, 0) is 4.79 Å². The van der Waals surface area contributed by atoms with E-state index in [1.165, 1.54) is 0 Å². The maximum absolute atomic E-state index is 12.4. The van der Waals surface area contributed by atoms with E-state index >= 15 is 0 Å². The lowest BCUT2D eigenvalue weighted by molar-refractivity contribution is -0.124. The standard InChI is InChI=1S/C18H24ClN3O3/c19-15-5-1-2-6-16(15)25-13-17(23)20-14-7-11-22(12-8-14)18(24)21-9-3-4-10-21/h1-2,5-6,14H,3-4,7-13H2,(H,20,23). The summed E-state index contributed by atoms with van der Waals surface area (Å²) >= 11 is 6.00. The fraction of sp³-hybridized carbons (Fsp3) is 0.556. The van der Waals surface area contributed by atoms with Crippen LogP contribution < -0.4 is 10.1 Å². The van der Waals surface area contributed by atoms with Crippen LogP contribution in [0.5, 0.6) is 5.75 Å². The molecule has 0 aromatic heterocycles. The molecule has 2 aliphatic heterocycles. The molecule has 0 saturated carbocycles. The summed E-state index contributed by atoms with van der Waals surface area (Å²) in [6, 6.07) is 7.31. The van der Waals surface area contributed by atoms with E-state index in [1.54, 1.807) is 12.1 Å². The highest BCUT2D eigenvalue weighted by Crippen LogP contribution is 2.23. The number of para-hydroxylation sites is 1. The molecule has 1 aromatic carbocycles. The molecule has 25 heavy (non-hydrogen) atoms. The van der Waals surface area contributed by atoms with Gasteiger partial charge in [0.25, 0.3) is 5.91 Å². The number of halogens is 1. The molecule has 0 bridgehead atoms. The molecule has 0 spiro atoms. The van der Waals surface area contributed by atoms with Crippen molar-refractivity contribution >= 4 is 23.5 Å². The highest BCUT2D eigenvalue weighted by atomic mass is 35.5. The summed E-state index contributed by atoms with van der Waals surface area (Å²) in [6.07, 6.45) is 3.75. The van der Waals surface area contributed by atoms with Gasteiger partial charge in [-0.2, -0.15) is 0 Å². The summed E-state index contributed by atoms with van der Waals surface area (Å²) in [6.45, 7) is 3.05. The predicted octanol–water partition coefficient (Wildman–Crippen LogP) is 2.52. The lowest BCUT2D eigenvalue weighted by Crippen LogP contribution is -2.50. The van der Waals surface area contributed by atoms with Gasteiger partial charge in [0.2, 0.25) is 0 Å². The number of carbonyl (C=O) groups is 2. The third-order valence-corrected chi connectivity index (χ3v) is 5.01. The summed E-state index contributed by atoms with van der Waals surface area (Å²) in [5.74, 6) is 0.342. The van der Waals surface area contributed by atoms with E-state index in [-0.39, 0.29) is 24.6 Å². The molecule has 7 heteroatoms. The number of carbonyl (C=O) groups excluding carboxylic acids is 2. The van der Waals surface area contributed by atoms with Gasteiger partial charge in [-0.15, -0.1) is 0 Å². The Bertz CT molecular complexity index is 611. The normalized spacial score (nSPS) is 18.3. The number of benzene rings is 1. The van der Waals surface area contributed by atoms with E-state index in [0.717, 1.165) is 38.8 Å². The van der Waals surface area contributed by atoms with Crippen LogP contribution >= 0.6 is 11.6 Å². The first-order chi connectivity index (χ1) is 12.1. The second-order valence-corrected chi connectivity index (χ2v) is 6.93. The van der Waals surface area contributed by atoms with Crippen molar-refractivity contribution in [3.63, 3.8) is 0 Å². The maximum Gasteiger partial charge on any atom is 0.319 e. The average Bonchev–Trinajstić information content (AvgIpc) is 3.16. The molecule has 2 saturated heterocycles. The third kappa shape index (κ3) is 4.78. The minimum absolute atomic E-state index is 0.0589. The second-order valence-electron chi connectivity index (χ2n) is 6.52. The van der Waals surface area contributed by atoms with Gasteiger partial charge in [-0.25, -0.2) is 4.79 Å². The molecule has 2 fully saturated rings. The quantitative estimate of drug-likeness (QED) is 0.891. The Morgan fingerprint density at radius 3 is 2.40 bits per heavy atom. The van der Waals surface area contributed by atoms with Crippen LogP contribution in [0.4, 0.5) is 4.79 Å². The number of amides is 3. The first kappa shape index (κ1) is 17.9. The highest BCUT2D eigenvalue weighted by Gasteiger charge is 2.28. The van der Waals surface area contributed by atoms with E-state index in [2.05, 4.69) is 5.32 Å². The van der Waals surface area contributed by atoms with Gasteiger partial charge in [-0.3, -0.25) is 4.79 Å². The Labute approximate surface area is 153 Å². The number of likely N-dealkylation sites (tertiary alicyclic amines) is 2. The molecule has 2 heterocycles. The van der Waals surface area contributed by atoms with Crippen molar-refractivity contribution in [1.29, 1.82) is 0 Å². The van der Waals surface area contributed by atoms with Gasteiger partial charge < -0.3 is 19.9 Å². The highest BCUT2D eigenvalue weighted by molar-refractivity contribution is 6.32. The third-order valence-electron chi connectivity index (χ3n) is 4.70. The number of hydrogen-bond acceptors (Lipinski definition) is 3. The average molecular weight is 366 g/mol. The fourth-order valence-electron chi connectivity index (χ4n) is 3.30. The Hall–Kier alpha value is -1.95. The van der Waals surface area contributed by atoms with Crippen LogP contribution in [0.15, 0.2) is 24.3 Å². The maximum atomic E-state index is 12.4. The van der Waals surface area contributed by atoms with E-state index < -0.39 is 0 Å². The largest absolute Gasteiger partial charge is 0.482 e. The van der Waals surface area contributed by atoms with E-state index in [0.29, 0.717) is 23.9 Å². The zero-order chi connectivity index (χ0) is 17.6. The van der Waals surface area contributed by atoms with Crippen molar-refractivity contribution in [3.8, 4) is 5.75 Å². The topological polar surface area (TPSA) is 61.9 Å². The van der Waals surface area contributed by atoms with Crippen molar-refractivity contribution < 1.29 is 14.3 Å². The summed E-state index contributed by atoms with van der Waals surface area (Å²) in [5.41, 5.74) is 0. The van der Waals surface area contributed by atoms with Crippen molar-refractivity contribution in [3.05, 3.63) is 29.3 Å². The van der Waals surface area contributed by atoms with Crippen molar-refractivity contribution in [1.82, 2.24) is 15.1 Å². The molecule has 0 aliphatic carbocycles. The van der Waals surface area contributed by atoms with E-state index in [1.807, 2.05) is 21.9 Å². The summed E-state index contributed by atoms with van der Waals surface area (Å²) in [5, 5.41) is 3.47. The van der Waals surface area contributed by atoms with Crippen LogP contribution in [0.1, 0.15) is 25.7 Å². The monoisotopic (exact) mass is 365 g/mol. The molecule has 3 rings (SSSR count). The predicted molar refractivity (Wildman–Crippen MR) is 95.9 cm³/mol.